The molecule has 1 aliphatic rings. The summed E-state index contributed by atoms with van der Waals surface area (Å²) in [5, 5.41) is 19.1. The predicted molar refractivity (Wildman–Crippen MR) is 138 cm³/mol. The average molecular weight is 480 g/mol. The lowest BCUT2D eigenvalue weighted by Gasteiger charge is -2.36. The number of piperazine rings is 1. The molecule has 1 amide bonds. The summed E-state index contributed by atoms with van der Waals surface area (Å²) in [4.78, 5) is 33.6. The van der Waals surface area contributed by atoms with Crippen LogP contribution in [0.2, 0.25) is 0 Å². The lowest BCUT2D eigenvalue weighted by Crippen LogP contribution is -2.48. The van der Waals surface area contributed by atoms with Crippen molar-refractivity contribution < 1.29 is 19.8 Å². The summed E-state index contributed by atoms with van der Waals surface area (Å²) in [6, 6.07) is 27.9. The number of hydrogen-bond donors (Lipinski definition) is 2. The van der Waals surface area contributed by atoms with Gasteiger partial charge >= 0.3 is 5.97 Å². The fourth-order valence-electron chi connectivity index (χ4n) is 4.41. The number of phenols is 1. The van der Waals surface area contributed by atoms with Crippen molar-refractivity contribution >= 4 is 17.6 Å². The minimum atomic E-state index is -1.18. The van der Waals surface area contributed by atoms with Crippen LogP contribution in [-0.2, 0) is 0 Å². The van der Waals surface area contributed by atoms with Crippen LogP contribution in [0.15, 0.2) is 91.0 Å². The standard InChI is InChI=1S/C29H25N3O4/c33-27-12-11-23(19-24(27)29(35)36)31-13-15-32(16-14-31)28(34)22-17-25(20-7-3-1-4-8-20)30-26(18-22)21-9-5-2-6-10-21/h1-12,17-19,33H,13-16H2,(H,35,36). The Balaban J connectivity index is 1.39. The summed E-state index contributed by atoms with van der Waals surface area (Å²) in [6.07, 6.45) is 0. The topological polar surface area (TPSA) is 94.0 Å². The largest absolute Gasteiger partial charge is 0.507 e. The maximum atomic E-state index is 13.6. The van der Waals surface area contributed by atoms with Gasteiger partial charge in [-0.15, -0.1) is 0 Å². The maximum absolute atomic E-state index is 13.6. The summed E-state index contributed by atoms with van der Waals surface area (Å²) in [5.74, 6) is -1.51. The predicted octanol–water partition coefficient (Wildman–Crippen LogP) is 4.78. The highest BCUT2D eigenvalue weighted by molar-refractivity contribution is 5.96. The van der Waals surface area contributed by atoms with Crippen molar-refractivity contribution in [3.05, 3.63) is 102 Å². The van der Waals surface area contributed by atoms with Gasteiger partial charge in [0.2, 0.25) is 0 Å². The Morgan fingerprint density at radius 2 is 1.28 bits per heavy atom. The van der Waals surface area contributed by atoms with E-state index in [0.29, 0.717) is 37.4 Å². The number of amides is 1. The van der Waals surface area contributed by atoms with E-state index in [9.17, 15) is 19.8 Å². The lowest BCUT2D eigenvalue weighted by molar-refractivity contribution is 0.0693. The molecule has 5 rings (SSSR count). The zero-order valence-electron chi connectivity index (χ0n) is 19.5. The van der Waals surface area contributed by atoms with E-state index in [2.05, 4.69) is 0 Å². The molecule has 0 bridgehead atoms. The molecule has 2 heterocycles. The second-order valence-electron chi connectivity index (χ2n) is 8.64. The molecule has 0 atom stereocenters. The normalized spacial score (nSPS) is 13.4. The highest BCUT2D eigenvalue weighted by atomic mass is 16.4. The molecule has 0 radical (unpaired) electrons. The van der Waals surface area contributed by atoms with Crippen molar-refractivity contribution in [2.45, 2.75) is 0 Å². The van der Waals surface area contributed by atoms with Crippen LogP contribution in [0.5, 0.6) is 5.75 Å². The number of carbonyl (C=O) groups is 2. The number of nitrogens with zero attached hydrogens (tertiary/aromatic N) is 3. The van der Waals surface area contributed by atoms with Crippen LogP contribution in [0.4, 0.5) is 5.69 Å². The molecule has 1 aliphatic heterocycles. The van der Waals surface area contributed by atoms with Crippen LogP contribution in [0, 0.1) is 0 Å². The SMILES string of the molecule is O=C(O)c1cc(N2CCN(C(=O)c3cc(-c4ccccc4)nc(-c4ccccc4)c3)CC2)ccc1O. The van der Waals surface area contributed by atoms with E-state index in [1.54, 1.807) is 6.07 Å². The number of aromatic nitrogens is 1. The van der Waals surface area contributed by atoms with Gasteiger partial charge in [0.1, 0.15) is 11.3 Å². The minimum absolute atomic E-state index is 0.0663. The molecule has 2 N–H and O–H groups in total. The first-order chi connectivity index (χ1) is 17.5. The summed E-state index contributed by atoms with van der Waals surface area (Å²) in [7, 11) is 0. The van der Waals surface area contributed by atoms with E-state index in [4.69, 9.17) is 4.98 Å². The number of aromatic carboxylic acids is 1. The quantitative estimate of drug-likeness (QED) is 0.428. The lowest BCUT2D eigenvalue weighted by atomic mass is 10.0. The highest BCUT2D eigenvalue weighted by Crippen LogP contribution is 2.27. The van der Waals surface area contributed by atoms with E-state index in [1.807, 2.05) is 82.6 Å². The molecular formula is C29H25N3O4. The third-order valence-electron chi connectivity index (χ3n) is 6.35. The van der Waals surface area contributed by atoms with Gasteiger partial charge in [-0.2, -0.15) is 0 Å². The Hall–Kier alpha value is -4.65. The van der Waals surface area contributed by atoms with Crippen molar-refractivity contribution in [1.82, 2.24) is 9.88 Å². The molecule has 4 aromatic rings. The van der Waals surface area contributed by atoms with E-state index in [-0.39, 0.29) is 17.2 Å². The molecule has 36 heavy (non-hydrogen) atoms. The van der Waals surface area contributed by atoms with Gasteiger partial charge in [-0.25, -0.2) is 9.78 Å². The molecule has 0 saturated carbocycles. The number of aromatic hydroxyl groups is 1. The van der Waals surface area contributed by atoms with Gasteiger partial charge in [-0.3, -0.25) is 4.79 Å². The summed E-state index contributed by atoms with van der Waals surface area (Å²) >= 11 is 0. The van der Waals surface area contributed by atoms with Crippen molar-refractivity contribution in [1.29, 1.82) is 0 Å². The van der Waals surface area contributed by atoms with E-state index in [0.717, 1.165) is 22.5 Å². The number of benzene rings is 3. The Kier molecular flexibility index (Phi) is 6.36. The van der Waals surface area contributed by atoms with E-state index >= 15 is 0 Å². The first kappa shape index (κ1) is 23.1. The van der Waals surface area contributed by atoms with Crippen LogP contribution < -0.4 is 4.90 Å². The van der Waals surface area contributed by atoms with Crippen molar-refractivity contribution in [3.63, 3.8) is 0 Å². The number of carboxylic acids is 1. The number of pyridine rings is 1. The van der Waals surface area contributed by atoms with Crippen LogP contribution in [0.1, 0.15) is 20.7 Å². The molecule has 1 fully saturated rings. The fraction of sp³-hybridized carbons (Fsp3) is 0.138. The van der Waals surface area contributed by atoms with Crippen molar-refractivity contribution in [2.75, 3.05) is 31.1 Å². The van der Waals surface area contributed by atoms with Crippen LogP contribution in [0.3, 0.4) is 0 Å². The molecule has 0 spiro atoms. The highest BCUT2D eigenvalue weighted by Gasteiger charge is 2.24. The van der Waals surface area contributed by atoms with Gasteiger partial charge in [-0.1, -0.05) is 60.7 Å². The molecule has 0 unspecified atom stereocenters. The molecule has 7 nitrogen and oxygen atoms in total. The number of anilines is 1. The summed E-state index contributed by atoms with van der Waals surface area (Å²) in [5.41, 5.74) is 4.51. The fourth-order valence-corrected chi connectivity index (χ4v) is 4.41. The van der Waals surface area contributed by atoms with Gasteiger partial charge in [0.05, 0.1) is 11.4 Å². The smallest absolute Gasteiger partial charge is 0.339 e. The molecular weight excluding hydrogens is 454 g/mol. The molecule has 1 aromatic heterocycles. The van der Waals surface area contributed by atoms with Crippen LogP contribution in [0.25, 0.3) is 22.5 Å². The zero-order chi connectivity index (χ0) is 25.1. The monoisotopic (exact) mass is 479 g/mol. The average Bonchev–Trinajstić information content (AvgIpc) is 2.93. The number of carbonyl (C=O) groups excluding carboxylic acids is 1. The van der Waals surface area contributed by atoms with Gasteiger partial charge in [0, 0.05) is 48.6 Å². The third-order valence-corrected chi connectivity index (χ3v) is 6.35. The summed E-state index contributed by atoms with van der Waals surface area (Å²) in [6.45, 7) is 2.09. The third kappa shape index (κ3) is 4.77. The van der Waals surface area contributed by atoms with Crippen LogP contribution >= 0.6 is 0 Å². The van der Waals surface area contributed by atoms with Crippen molar-refractivity contribution in [2.24, 2.45) is 0 Å². The Morgan fingerprint density at radius 3 is 1.81 bits per heavy atom. The van der Waals surface area contributed by atoms with E-state index in [1.165, 1.54) is 12.1 Å². The maximum Gasteiger partial charge on any atom is 0.339 e. The number of rotatable bonds is 5. The number of hydrogen-bond acceptors (Lipinski definition) is 5. The second kappa shape index (κ2) is 9.92. The molecule has 180 valence electrons. The van der Waals surface area contributed by atoms with Gasteiger partial charge in [-0.05, 0) is 30.3 Å². The summed E-state index contributed by atoms with van der Waals surface area (Å²) < 4.78 is 0. The second-order valence-corrected chi connectivity index (χ2v) is 8.64. The molecule has 0 aliphatic carbocycles. The Morgan fingerprint density at radius 1 is 0.722 bits per heavy atom. The van der Waals surface area contributed by atoms with Crippen molar-refractivity contribution in [3.8, 4) is 28.3 Å². The first-order valence-corrected chi connectivity index (χ1v) is 11.7. The Bertz CT molecular complexity index is 1340. The number of carboxylic acid groups (broad SMARTS) is 1. The molecule has 1 saturated heterocycles. The molecule has 7 heteroatoms. The van der Waals surface area contributed by atoms with Gasteiger partial charge in [0.25, 0.3) is 5.91 Å². The molecule has 3 aromatic carbocycles. The zero-order valence-corrected chi connectivity index (χ0v) is 19.5. The van der Waals surface area contributed by atoms with Gasteiger partial charge < -0.3 is 20.0 Å². The first-order valence-electron chi connectivity index (χ1n) is 11.7. The van der Waals surface area contributed by atoms with E-state index < -0.39 is 5.97 Å². The van der Waals surface area contributed by atoms with Crippen LogP contribution in [-0.4, -0.2) is 58.2 Å². The van der Waals surface area contributed by atoms with Gasteiger partial charge in [0.15, 0.2) is 0 Å². The Labute approximate surface area is 208 Å². The minimum Gasteiger partial charge on any atom is -0.507 e.